The SMILES string of the molecule is C[C@]12C=CCN(Cc3ccccc3)C(=O)[C@H]1[C@H]1C(=O)N(CCCO)C3C(=O)N(c4ccc5ccccc5c4)CC=C[C@@]31O2. The van der Waals surface area contributed by atoms with Crippen molar-refractivity contribution in [3.8, 4) is 0 Å². The molecule has 0 radical (unpaired) electrons. The third kappa shape index (κ3) is 4.31. The summed E-state index contributed by atoms with van der Waals surface area (Å²) in [6, 6.07) is 22.7. The molecule has 5 atom stereocenters. The van der Waals surface area contributed by atoms with Crippen LogP contribution >= 0.6 is 0 Å². The molecular formula is C35H35N3O5. The Kier molecular flexibility index (Phi) is 6.71. The van der Waals surface area contributed by atoms with Crippen molar-refractivity contribution in [1.29, 1.82) is 0 Å². The molecule has 2 saturated heterocycles. The standard InChI is InChI=1S/C35H35N3O5/c1-34-16-7-18-36(23-24-10-3-2-4-11-24)31(40)28(34)29-32(41)38(20-9-21-39)30-33(42)37(19-8-17-35(29,30)43-34)27-15-14-25-12-5-6-13-26(25)22-27/h2-8,10-17,22,28-30,39H,9,18-21,23H2,1H3/t28-,29+,30?,34+,35+/m1/s1. The molecule has 0 aromatic heterocycles. The van der Waals surface area contributed by atoms with Crippen LogP contribution in [0.25, 0.3) is 10.8 Å². The van der Waals surface area contributed by atoms with Crippen LogP contribution in [0.1, 0.15) is 18.9 Å². The summed E-state index contributed by atoms with van der Waals surface area (Å²) in [6.45, 7) is 3.04. The predicted molar refractivity (Wildman–Crippen MR) is 163 cm³/mol. The van der Waals surface area contributed by atoms with E-state index in [2.05, 4.69) is 0 Å². The van der Waals surface area contributed by atoms with Gasteiger partial charge in [-0.2, -0.15) is 0 Å². The van der Waals surface area contributed by atoms with Crippen molar-refractivity contribution >= 4 is 34.2 Å². The van der Waals surface area contributed by atoms with E-state index >= 15 is 0 Å². The zero-order valence-electron chi connectivity index (χ0n) is 24.1. The molecule has 4 aliphatic heterocycles. The van der Waals surface area contributed by atoms with Crippen LogP contribution in [0.5, 0.6) is 0 Å². The van der Waals surface area contributed by atoms with Gasteiger partial charge in [0.25, 0.3) is 5.91 Å². The van der Waals surface area contributed by atoms with Crippen molar-refractivity contribution in [2.75, 3.05) is 31.1 Å². The quantitative estimate of drug-likeness (QED) is 0.452. The van der Waals surface area contributed by atoms with Crippen LogP contribution in [0.4, 0.5) is 5.69 Å². The van der Waals surface area contributed by atoms with E-state index in [1.807, 2.05) is 104 Å². The lowest BCUT2D eigenvalue weighted by Crippen LogP contribution is -2.56. The fourth-order valence-electron chi connectivity index (χ4n) is 7.58. The molecule has 8 heteroatoms. The Hall–Kier alpha value is -4.27. The normalized spacial score (nSPS) is 30.0. The number of nitrogens with zero attached hydrogens (tertiary/aromatic N) is 3. The summed E-state index contributed by atoms with van der Waals surface area (Å²) in [5.41, 5.74) is -0.679. The fourth-order valence-corrected chi connectivity index (χ4v) is 7.58. The summed E-state index contributed by atoms with van der Waals surface area (Å²) in [5, 5.41) is 11.8. The van der Waals surface area contributed by atoms with E-state index < -0.39 is 29.1 Å². The number of aliphatic hydroxyl groups is 1. The summed E-state index contributed by atoms with van der Waals surface area (Å²) in [5.74, 6) is -2.40. The van der Waals surface area contributed by atoms with Gasteiger partial charge in [-0.1, -0.05) is 85.0 Å². The molecule has 1 unspecified atom stereocenters. The number of carbonyl (C=O) groups is 3. The second kappa shape index (κ2) is 10.5. The highest BCUT2D eigenvalue weighted by molar-refractivity contribution is 6.06. The van der Waals surface area contributed by atoms with Crippen LogP contribution < -0.4 is 4.90 Å². The number of hydrogen-bond acceptors (Lipinski definition) is 5. The van der Waals surface area contributed by atoms with E-state index in [1.165, 1.54) is 0 Å². The number of fused-ring (bicyclic) bond motifs is 3. The van der Waals surface area contributed by atoms with Crippen molar-refractivity contribution in [2.45, 2.75) is 37.1 Å². The minimum atomic E-state index is -1.33. The molecule has 2 fully saturated rings. The van der Waals surface area contributed by atoms with Crippen molar-refractivity contribution in [1.82, 2.24) is 9.80 Å². The molecule has 3 amide bonds. The minimum absolute atomic E-state index is 0.124. The molecule has 220 valence electrons. The van der Waals surface area contributed by atoms with E-state index in [1.54, 1.807) is 14.7 Å². The number of hydrogen-bond donors (Lipinski definition) is 1. The fraction of sp³-hybridized carbons (Fsp3) is 0.343. The first-order chi connectivity index (χ1) is 20.9. The second-order valence-corrected chi connectivity index (χ2v) is 12.1. The summed E-state index contributed by atoms with van der Waals surface area (Å²) < 4.78 is 6.91. The van der Waals surface area contributed by atoms with Crippen molar-refractivity contribution < 1.29 is 24.2 Å². The average molecular weight is 578 g/mol. The number of amides is 3. The number of benzene rings is 3. The molecule has 43 heavy (non-hydrogen) atoms. The van der Waals surface area contributed by atoms with Gasteiger partial charge in [-0.05, 0) is 41.8 Å². The van der Waals surface area contributed by atoms with Gasteiger partial charge < -0.3 is 24.5 Å². The first-order valence-electron chi connectivity index (χ1n) is 15.0. The number of carbonyl (C=O) groups excluding carboxylic acids is 3. The van der Waals surface area contributed by atoms with Gasteiger partial charge in [-0.15, -0.1) is 0 Å². The number of anilines is 1. The van der Waals surface area contributed by atoms with Gasteiger partial charge in [-0.3, -0.25) is 14.4 Å². The van der Waals surface area contributed by atoms with Gasteiger partial charge in [0, 0.05) is 38.5 Å². The van der Waals surface area contributed by atoms with Crippen LogP contribution in [-0.2, 0) is 25.7 Å². The van der Waals surface area contributed by atoms with Gasteiger partial charge in [-0.25, -0.2) is 0 Å². The molecule has 8 nitrogen and oxygen atoms in total. The smallest absolute Gasteiger partial charge is 0.253 e. The molecular weight excluding hydrogens is 542 g/mol. The van der Waals surface area contributed by atoms with E-state index in [4.69, 9.17) is 4.74 Å². The number of likely N-dealkylation sites (tertiary alicyclic amines) is 1. The molecule has 0 saturated carbocycles. The lowest BCUT2D eigenvalue weighted by Gasteiger charge is -2.37. The molecule has 1 spiro atoms. The summed E-state index contributed by atoms with van der Waals surface area (Å²) in [7, 11) is 0. The van der Waals surface area contributed by atoms with E-state index in [0.29, 0.717) is 26.1 Å². The van der Waals surface area contributed by atoms with Crippen LogP contribution in [-0.4, -0.2) is 76.1 Å². The van der Waals surface area contributed by atoms with Gasteiger partial charge in [0.15, 0.2) is 0 Å². The second-order valence-electron chi connectivity index (χ2n) is 12.1. The number of rotatable bonds is 6. The Morgan fingerprint density at radius 1 is 0.837 bits per heavy atom. The molecule has 0 aliphatic carbocycles. The zero-order chi connectivity index (χ0) is 29.8. The van der Waals surface area contributed by atoms with Gasteiger partial charge in [0.1, 0.15) is 11.6 Å². The molecule has 4 aliphatic rings. The maximum atomic E-state index is 14.6. The molecule has 3 aromatic rings. The Balaban J connectivity index is 1.30. The molecule has 0 bridgehead atoms. The van der Waals surface area contributed by atoms with Crippen LogP contribution in [0.15, 0.2) is 97.1 Å². The van der Waals surface area contributed by atoms with Gasteiger partial charge in [0.05, 0.1) is 17.4 Å². The lowest BCUT2D eigenvalue weighted by atomic mass is 9.74. The maximum Gasteiger partial charge on any atom is 0.253 e. The third-order valence-electron chi connectivity index (χ3n) is 9.46. The summed E-state index contributed by atoms with van der Waals surface area (Å²) in [4.78, 5) is 48.4. The zero-order valence-corrected chi connectivity index (χ0v) is 24.1. The Morgan fingerprint density at radius 2 is 1.58 bits per heavy atom. The minimum Gasteiger partial charge on any atom is -0.396 e. The van der Waals surface area contributed by atoms with E-state index in [9.17, 15) is 19.5 Å². The van der Waals surface area contributed by atoms with Crippen molar-refractivity contribution in [3.05, 3.63) is 103 Å². The van der Waals surface area contributed by atoms with Crippen molar-refractivity contribution in [3.63, 3.8) is 0 Å². The van der Waals surface area contributed by atoms with Crippen LogP contribution in [0.3, 0.4) is 0 Å². The monoisotopic (exact) mass is 577 g/mol. The van der Waals surface area contributed by atoms with Crippen molar-refractivity contribution in [2.24, 2.45) is 11.8 Å². The lowest BCUT2D eigenvalue weighted by molar-refractivity contribution is -0.149. The molecule has 3 aromatic carbocycles. The first kappa shape index (κ1) is 27.6. The number of ether oxygens (including phenoxy) is 1. The summed E-state index contributed by atoms with van der Waals surface area (Å²) >= 11 is 0. The highest BCUT2D eigenvalue weighted by Crippen LogP contribution is 2.57. The van der Waals surface area contributed by atoms with Crippen LogP contribution in [0.2, 0.25) is 0 Å². The van der Waals surface area contributed by atoms with Gasteiger partial charge >= 0.3 is 0 Å². The third-order valence-corrected chi connectivity index (χ3v) is 9.46. The predicted octanol–water partition coefficient (Wildman–Crippen LogP) is 3.69. The molecule has 4 heterocycles. The maximum absolute atomic E-state index is 14.6. The summed E-state index contributed by atoms with van der Waals surface area (Å²) in [6.07, 6.45) is 7.91. The van der Waals surface area contributed by atoms with E-state index in [0.717, 1.165) is 22.0 Å². The molecule has 7 rings (SSSR count). The largest absolute Gasteiger partial charge is 0.396 e. The Morgan fingerprint density at radius 3 is 2.37 bits per heavy atom. The van der Waals surface area contributed by atoms with Gasteiger partial charge in [0.2, 0.25) is 11.8 Å². The highest BCUT2D eigenvalue weighted by Gasteiger charge is 2.74. The highest BCUT2D eigenvalue weighted by atomic mass is 16.5. The number of aliphatic hydroxyl groups excluding tert-OH is 1. The first-order valence-corrected chi connectivity index (χ1v) is 15.0. The average Bonchev–Trinajstić information content (AvgIpc) is 3.28. The Bertz CT molecular complexity index is 1650. The van der Waals surface area contributed by atoms with Crippen LogP contribution in [0, 0.1) is 11.8 Å². The molecule has 1 N–H and O–H groups in total. The topological polar surface area (TPSA) is 90.4 Å². The Labute approximate surface area is 250 Å². The van der Waals surface area contributed by atoms with E-state index in [-0.39, 0.29) is 30.9 Å².